The van der Waals surface area contributed by atoms with E-state index in [0.29, 0.717) is 20.4 Å². The van der Waals surface area contributed by atoms with Crippen molar-refractivity contribution in [3.63, 3.8) is 0 Å². The van der Waals surface area contributed by atoms with Gasteiger partial charge in [-0.15, -0.1) is 9.19 Å². The van der Waals surface area contributed by atoms with Gasteiger partial charge in [0.15, 0.2) is 5.82 Å². The summed E-state index contributed by atoms with van der Waals surface area (Å²) in [5, 5.41) is 4.45. The van der Waals surface area contributed by atoms with Crippen LogP contribution in [0.2, 0.25) is 5.02 Å². The average Bonchev–Trinajstić information content (AvgIpc) is 2.98. The molecule has 0 aliphatic heterocycles. The maximum absolute atomic E-state index is 12.6. The standard InChI is InChI=1S/C15H13ClN4O3S/c1-23-12-6-2-10(3-7-12)14-18-15(17)20(19-14)24(21,22)13-8-4-11(16)5-9-13/h2-9H,1H3,(H2,17,18,19). The van der Waals surface area contributed by atoms with Crippen LogP contribution in [-0.4, -0.2) is 29.7 Å². The number of hydrogen-bond donors (Lipinski definition) is 1. The van der Waals surface area contributed by atoms with Crippen molar-refractivity contribution in [2.75, 3.05) is 12.8 Å². The summed E-state index contributed by atoms with van der Waals surface area (Å²) in [6.45, 7) is 0. The molecule has 0 saturated carbocycles. The van der Waals surface area contributed by atoms with Crippen LogP contribution in [0.25, 0.3) is 11.4 Å². The zero-order valence-electron chi connectivity index (χ0n) is 12.5. The molecule has 0 atom stereocenters. The summed E-state index contributed by atoms with van der Waals surface area (Å²) < 4.78 is 31.0. The normalized spacial score (nSPS) is 11.4. The Bertz CT molecular complexity index is 967. The lowest BCUT2D eigenvalue weighted by Crippen LogP contribution is -2.17. The third-order valence-corrected chi connectivity index (χ3v) is 5.13. The van der Waals surface area contributed by atoms with Gasteiger partial charge in [0, 0.05) is 10.6 Å². The molecule has 3 rings (SSSR count). The summed E-state index contributed by atoms with van der Waals surface area (Å²) in [4.78, 5) is 4.05. The van der Waals surface area contributed by atoms with E-state index < -0.39 is 10.0 Å². The Labute approximate surface area is 143 Å². The fraction of sp³-hybridized carbons (Fsp3) is 0.0667. The van der Waals surface area contributed by atoms with Crippen LogP contribution in [0.5, 0.6) is 5.75 Å². The van der Waals surface area contributed by atoms with Crippen LogP contribution >= 0.6 is 11.6 Å². The van der Waals surface area contributed by atoms with E-state index >= 15 is 0 Å². The number of nitrogens with zero attached hydrogens (tertiary/aromatic N) is 3. The molecule has 0 amide bonds. The smallest absolute Gasteiger partial charge is 0.286 e. The number of anilines is 1. The number of nitrogen functional groups attached to an aromatic ring is 1. The van der Waals surface area contributed by atoms with Crippen molar-refractivity contribution >= 4 is 27.6 Å². The van der Waals surface area contributed by atoms with Crippen LogP contribution < -0.4 is 10.5 Å². The summed E-state index contributed by atoms with van der Waals surface area (Å²) in [7, 11) is -2.40. The van der Waals surface area contributed by atoms with Gasteiger partial charge >= 0.3 is 0 Å². The maximum atomic E-state index is 12.6. The third-order valence-electron chi connectivity index (χ3n) is 3.29. The molecule has 7 nitrogen and oxygen atoms in total. The molecule has 1 heterocycles. The van der Waals surface area contributed by atoms with Crippen molar-refractivity contribution in [3.05, 3.63) is 53.6 Å². The largest absolute Gasteiger partial charge is 0.497 e. The predicted molar refractivity (Wildman–Crippen MR) is 90.5 cm³/mol. The lowest BCUT2D eigenvalue weighted by atomic mass is 10.2. The molecular weight excluding hydrogens is 352 g/mol. The van der Waals surface area contributed by atoms with Gasteiger partial charge in [0.2, 0.25) is 5.95 Å². The van der Waals surface area contributed by atoms with Crippen molar-refractivity contribution in [1.29, 1.82) is 0 Å². The number of nitrogens with two attached hydrogens (primary N) is 1. The number of benzene rings is 2. The first-order valence-electron chi connectivity index (χ1n) is 6.80. The van der Waals surface area contributed by atoms with Crippen molar-refractivity contribution in [3.8, 4) is 17.1 Å². The molecule has 0 spiro atoms. The van der Waals surface area contributed by atoms with Crippen LogP contribution in [0.4, 0.5) is 5.95 Å². The number of rotatable bonds is 4. The SMILES string of the molecule is COc1ccc(-c2nc(N)n(S(=O)(=O)c3ccc(Cl)cc3)n2)cc1. The molecule has 2 aromatic carbocycles. The highest BCUT2D eigenvalue weighted by Gasteiger charge is 2.23. The molecular formula is C15H13ClN4O3S. The summed E-state index contributed by atoms with van der Waals surface area (Å²) >= 11 is 5.78. The van der Waals surface area contributed by atoms with Gasteiger partial charge in [-0.1, -0.05) is 11.6 Å². The first-order valence-corrected chi connectivity index (χ1v) is 8.62. The minimum atomic E-state index is -3.95. The summed E-state index contributed by atoms with van der Waals surface area (Å²) in [6, 6.07) is 12.6. The molecule has 0 fully saturated rings. The molecule has 0 saturated heterocycles. The lowest BCUT2D eigenvalue weighted by Gasteiger charge is -2.04. The summed E-state index contributed by atoms with van der Waals surface area (Å²) in [5.41, 5.74) is 6.37. The predicted octanol–water partition coefficient (Wildman–Crippen LogP) is 2.43. The van der Waals surface area contributed by atoms with E-state index in [-0.39, 0.29) is 16.7 Å². The molecule has 3 aromatic rings. The Hall–Kier alpha value is -2.58. The molecule has 2 N–H and O–H groups in total. The Kier molecular flexibility index (Phi) is 4.16. The maximum Gasteiger partial charge on any atom is 0.286 e. The van der Waals surface area contributed by atoms with Gasteiger partial charge in [-0.25, -0.2) is 0 Å². The quantitative estimate of drug-likeness (QED) is 0.763. The van der Waals surface area contributed by atoms with E-state index in [9.17, 15) is 8.42 Å². The van der Waals surface area contributed by atoms with Crippen LogP contribution in [0.3, 0.4) is 0 Å². The highest BCUT2D eigenvalue weighted by molar-refractivity contribution is 7.90. The molecule has 1 aromatic heterocycles. The van der Waals surface area contributed by atoms with Crippen molar-refractivity contribution in [2.45, 2.75) is 4.90 Å². The van der Waals surface area contributed by atoms with Gasteiger partial charge in [-0.3, -0.25) is 0 Å². The van der Waals surface area contributed by atoms with E-state index in [1.54, 1.807) is 31.4 Å². The number of hydrogen-bond acceptors (Lipinski definition) is 6. The van der Waals surface area contributed by atoms with E-state index in [1.165, 1.54) is 24.3 Å². The summed E-state index contributed by atoms with van der Waals surface area (Å²) in [6.07, 6.45) is 0. The first-order chi connectivity index (χ1) is 11.4. The fourth-order valence-electron chi connectivity index (χ4n) is 2.06. The number of aromatic nitrogens is 3. The first kappa shape index (κ1) is 16.3. The molecule has 0 aliphatic rings. The summed E-state index contributed by atoms with van der Waals surface area (Å²) in [5.74, 6) is 0.642. The van der Waals surface area contributed by atoms with Crippen molar-refractivity contribution in [1.82, 2.24) is 14.2 Å². The van der Waals surface area contributed by atoms with Crippen molar-refractivity contribution < 1.29 is 13.2 Å². The second-order valence-electron chi connectivity index (χ2n) is 4.82. The highest BCUT2D eigenvalue weighted by atomic mass is 35.5. The average molecular weight is 365 g/mol. The third kappa shape index (κ3) is 2.93. The number of halogens is 1. The zero-order valence-corrected chi connectivity index (χ0v) is 14.1. The number of methoxy groups -OCH3 is 1. The number of ether oxygens (including phenoxy) is 1. The van der Waals surface area contributed by atoms with Gasteiger partial charge in [-0.2, -0.15) is 13.4 Å². The Morgan fingerprint density at radius 2 is 1.71 bits per heavy atom. The molecule has 124 valence electrons. The minimum Gasteiger partial charge on any atom is -0.497 e. The van der Waals surface area contributed by atoms with Crippen LogP contribution in [-0.2, 0) is 10.0 Å². The molecule has 24 heavy (non-hydrogen) atoms. The Morgan fingerprint density at radius 1 is 1.08 bits per heavy atom. The topological polar surface area (TPSA) is 100 Å². The van der Waals surface area contributed by atoms with Gasteiger partial charge in [-0.05, 0) is 48.5 Å². The van der Waals surface area contributed by atoms with E-state index in [2.05, 4.69) is 10.1 Å². The molecule has 9 heteroatoms. The van der Waals surface area contributed by atoms with Gasteiger partial charge in [0.05, 0.1) is 12.0 Å². The van der Waals surface area contributed by atoms with E-state index in [4.69, 9.17) is 22.1 Å². The van der Waals surface area contributed by atoms with E-state index in [1.807, 2.05) is 0 Å². The molecule has 0 aliphatic carbocycles. The van der Waals surface area contributed by atoms with Gasteiger partial charge in [0.1, 0.15) is 5.75 Å². The van der Waals surface area contributed by atoms with E-state index in [0.717, 1.165) is 0 Å². The van der Waals surface area contributed by atoms with Crippen LogP contribution in [0.1, 0.15) is 0 Å². The zero-order chi connectivity index (χ0) is 17.3. The van der Waals surface area contributed by atoms with Gasteiger partial charge < -0.3 is 10.5 Å². The van der Waals surface area contributed by atoms with Crippen LogP contribution in [0, 0.1) is 0 Å². The highest BCUT2D eigenvalue weighted by Crippen LogP contribution is 2.23. The lowest BCUT2D eigenvalue weighted by molar-refractivity contribution is 0.415. The van der Waals surface area contributed by atoms with Crippen LogP contribution in [0.15, 0.2) is 53.4 Å². The second kappa shape index (κ2) is 6.14. The Morgan fingerprint density at radius 3 is 2.29 bits per heavy atom. The van der Waals surface area contributed by atoms with Gasteiger partial charge in [0.25, 0.3) is 10.0 Å². The molecule has 0 radical (unpaired) electrons. The monoisotopic (exact) mass is 364 g/mol. The molecule has 0 bridgehead atoms. The fourth-order valence-corrected chi connectivity index (χ4v) is 3.33. The molecule has 0 unspecified atom stereocenters. The second-order valence-corrected chi connectivity index (χ2v) is 7.03. The minimum absolute atomic E-state index is 0.0183. The van der Waals surface area contributed by atoms with Crippen molar-refractivity contribution in [2.24, 2.45) is 0 Å². The Balaban J connectivity index is 2.03.